The van der Waals surface area contributed by atoms with Gasteiger partial charge in [0.15, 0.2) is 29.6 Å². The fraction of sp³-hybridized carbons (Fsp3) is 0.304. The minimum atomic E-state index is -0.0731. The average Bonchev–Trinajstić information content (AvgIpc) is 2.77. The smallest absolute Gasteiger partial charge is 0.203 e. The molecule has 0 saturated carbocycles. The third-order valence-electron chi connectivity index (χ3n) is 4.64. The van der Waals surface area contributed by atoms with Gasteiger partial charge in [0.2, 0.25) is 5.75 Å². The molecular formula is C23H25ClN2O5. The van der Waals surface area contributed by atoms with E-state index in [2.05, 4.69) is 4.98 Å². The lowest BCUT2D eigenvalue weighted by atomic mass is 9.99. The van der Waals surface area contributed by atoms with Crippen LogP contribution in [0, 0.1) is 11.3 Å². The van der Waals surface area contributed by atoms with E-state index in [4.69, 9.17) is 28.9 Å². The standard InChI is InChI=1S/C23H24N2O5.ClH/c1-5-29-19-7-6-17-16(13-25-14-18(17)22(19)30-9-8-24)10-15-11-20(26-2)23(28-4)21(12-15)27-3;/h6-7,11-14H,5,9-10H2,1-4H3;1H. The Morgan fingerprint density at radius 2 is 1.58 bits per heavy atom. The maximum absolute atomic E-state index is 8.95. The van der Waals surface area contributed by atoms with Gasteiger partial charge in [0.05, 0.1) is 27.9 Å². The van der Waals surface area contributed by atoms with Crippen molar-refractivity contribution in [3.63, 3.8) is 0 Å². The number of aromatic nitrogens is 1. The molecule has 2 aromatic carbocycles. The second-order valence-corrected chi connectivity index (χ2v) is 6.38. The zero-order valence-electron chi connectivity index (χ0n) is 17.9. The zero-order valence-corrected chi connectivity index (χ0v) is 18.7. The van der Waals surface area contributed by atoms with E-state index in [9.17, 15) is 0 Å². The molecule has 0 radical (unpaired) electrons. The second kappa shape index (κ2) is 11.1. The van der Waals surface area contributed by atoms with Gasteiger partial charge in [-0.25, -0.2) is 0 Å². The minimum absolute atomic E-state index is 0. The molecule has 0 aliphatic rings. The third-order valence-corrected chi connectivity index (χ3v) is 4.64. The van der Waals surface area contributed by atoms with Crippen molar-refractivity contribution in [1.82, 2.24) is 4.98 Å². The Kier molecular flexibility index (Phi) is 8.59. The third kappa shape index (κ3) is 5.04. The Balaban J connectivity index is 0.00000341. The lowest BCUT2D eigenvalue weighted by Crippen LogP contribution is -2.02. The summed E-state index contributed by atoms with van der Waals surface area (Å²) in [6.07, 6.45) is 4.13. The van der Waals surface area contributed by atoms with Crippen molar-refractivity contribution < 1.29 is 23.7 Å². The fourth-order valence-electron chi connectivity index (χ4n) is 3.38. The average molecular weight is 445 g/mol. The Labute approximate surface area is 187 Å². The number of nitriles is 1. The van der Waals surface area contributed by atoms with Crippen molar-refractivity contribution in [3.05, 3.63) is 47.8 Å². The second-order valence-electron chi connectivity index (χ2n) is 6.38. The molecule has 7 nitrogen and oxygen atoms in total. The monoisotopic (exact) mass is 444 g/mol. The predicted molar refractivity (Wildman–Crippen MR) is 120 cm³/mol. The van der Waals surface area contributed by atoms with E-state index >= 15 is 0 Å². The van der Waals surface area contributed by atoms with Gasteiger partial charge >= 0.3 is 0 Å². The van der Waals surface area contributed by atoms with Crippen molar-refractivity contribution in [2.45, 2.75) is 13.3 Å². The molecule has 3 rings (SSSR count). The van der Waals surface area contributed by atoms with Crippen molar-refractivity contribution in [3.8, 4) is 34.8 Å². The van der Waals surface area contributed by atoms with Gasteiger partial charge in [-0.3, -0.25) is 4.98 Å². The fourth-order valence-corrected chi connectivity index (χ4v) is 3.38. The van der Waals surface area contributed by atoms with Crippen molar-refractivity contribution >= 4 is 23.2 Å². The molecule has 3 aromatic rings. The van der Waals surface area contributed by atoms with Gasteiger partial charge in [0.1, 0.15) is 6.07 Å². The molecule has 0 N–H and O–H groups in total. The Morgan fingerprint density at radius 1 is 0.871 bits per heavy atom. The molecule has 164 valence electrons. The van der Waals surface area contributed by atoms with Crippen molar-refractivity contribution in [2.24, 2.45) is 0 Å². The molecule has 0 saturated heterocycles. The highest BCUT2D eigenvalue weighted by atomic mass is 35.5. The van der Waals surface area contributed by atoms with Crippen LogP contribution in [0.4, 0.5) is 0 Å². The summed E-state index contributed by atoms with van der Waals surface area (Å²) in [7, 11) is 4.76. The molecule has 1 heterocycles. The number of hydrogen-bond acceptors (Lipinski definition) is 7. The topological polar surface area (TPSA) is 82.8 Å². The summed E-state index contributed by atoms with van der Waals surface area (Å²) >= 11 is 0. The van der Waals surface area contributed by atoms with E-state index in [0.29, 0.717) is 41.8 Å². The van der Waals surface area contributed by atoms with Gasteiger partial charge in [-0.15, -0.1) is 12.4 Å². The van der Waals surface area contributed by atoms with Crippen molar-refractivity contribution in [2.75, 3.05) is 34.5 Å². The number of methoxy groups -OCH3 is 3. The maximum Gasteiger partial charge on any atom is 0.203 e. The minimum Gasteiger partial charge on any atom is -0.493 e. The van der Waals surface area contributed by atoms with Crippen LogP contribution < -0.4 is 23.7 Å². The number of rotatable bonds is 9. The van der Waals surface area contributed by atoms with Gasteiger partial charge < -0.3 is 23.7 Å². The lowest BCUT2D eigenvalue weighted by molar-refractivity contribution is 0.301. The highest BCUT2D eigenvalue weighted by Crippen LogP contribution is 2.40. The molecule has 0 atom stereocenters. The molecule has 31 heavy (non-hydrogen) atoms. The van der Waals surface area contributed by atoms with Gasteiger partial charge in [-0.05, 0) is 48.1 Å². The lowest BCUT2D eigenvalue weighted by Gasteiger charge is -2.16. The number of benzene rings is 2. The highest BCUT2D eigenvalue weighted by molar-refractivity contribution is 5.92. The first kappa shape index (κ1) is 23.9. The number of hydrogen-bond donors (Lipinski definition) is 0. The summed E-state index contributed by atoms with van der Waals surface area (Å²) in [5.74, 6) is 2.85. The number of pyridine rings is 1. The Morgan fingerprint density at radius 3 is 2.16 bits per heavy atom. The van der Waals surface area contributed by atoms with Crippen molar-refractivity contribution in [1.29, 1.82) is 5.26 Å². The summed E-state index contributed by atoms with van der Waals surface area (Å²) in [4.78, 5) is 4.39. The molecule has 0 spiro atoms. The summed E-state index contributed by atoms with van der Waals surface area (Å²) in [5.41, 5.74) is 1.97. The molecule has 0 aliphatic carbocycles. The van der Waals surface area contributed by atoms with E-state index in [1.807, 2.05) is 43.5 Å². The van der Waals surface area contributed by atoms with E-state index in [1.165, 1.54) is 0 Å². The predicted octanol–water partition coefficient (Wildman–Crippen LogP) is 4.57. The van der Waals surface area contributed by atoms with Crippen LogP contribution in [0.3, 0.4) is 0 Å². The zero-order chi connectivity index (χ0) is 21.5. The number of halogens is 1. The number of fused-ring (bicyclic) bond motifs is 1. The first-order valence-corrected chi connectivity index (χ1v) is 9.47. The van der Waals surface area contributed by atoms with E-state index in [1.54, 1.807) is 27.5 Å². The SMILES string of the molecule is CCOc1ccc2c(Cc3cc(OC)c(OC)c(OC)c3)cncc2c1OCC#N.Cl. The van der Waals surface area contributed by atoms with Crippen LogP contribution in [0.15, 0.2) is 36.7 Å². The van der Waals surface area contributed by atoms with Crippen LogP contribution in [-0.4, -0.2) is 39.5 Å². The van der Waals surface area contributed by atoms with Crippen LogP contribution >= 0.6 is 12.4 Å². The van der Waals surface area contributed by atoms with E-state index in [0.717, 1.165) is 21.9 Å². The normalized spacial score (nSPS) is 10.0. The van der Waals surface area contributed by atoms with Crippen LogP contribution in [0.25, 0.3) is 10.8 Å². The molecule has 0 aliphatic heterocycles. The largest absolute Gasteiger partial charge is 0.493 e. The van der Waals surface area contributed by atoms with Gasteiger partial charge in [0, 0.05) is 17.8 Å². The quantitative estimate of drug-likeness (QED) is 0.477. The first-order valence-electron chi connectivity index (χ1n) is 9.47. The van der Waals surface area contributed by atoms with E-state index < -0.39 is 0 Å². The van der Waals surface area contributed by atoms with Crippen LogP contribution in [0.1, 0.15) is 18.1 Å². The van der Waals surface area contributed by atoms with Gasteiger partial charge in [-0.2, -0.15) is 5.26 Å². The van der Waals surface area contributed by atoms with Crippen LogP contribution in [-0.2, 0) is 6.42 Å². The number of nitrogens with zero attached hydrogens (tertiary/aromatic N) is 2. The molecule has 1 aromatic heterocycles. The molecule has 0 bridgehead atoms. The summed E-state index contributed by atoms with van der Waals surface area (Å²) < 4.78 is 27.7. The molecule has 0 amide bonds. The number of ether oxygens (including phenoxy) is 5. The van der Waals surface area contributed by atoms with E-state index in [-0.39, 0.29) is 19.0 Å². The first-order chi connectivity index (χ1) is 14.7. The summed E-state index contributed by atoms with van der Waals surface area (Å²) in [5, 5.41) is 10.7. The molecule has 0 unspecified atom stereocenters. The molecule has 8 heteroatoms. The molecule has 0 fully saturated rings. The maximum atomic E-state index is 8.95. The Hall–Kier alpha value is -3.37. The Bertz CT molecular complexity index is 1060. The summed E-state index contributed by atoms with van der Waals surface area (Å²) in [6.45, 7) is 2.32. The highest BCUT2D eigenvalue weighted by Gasteiger charge is 2.16. The van der Waals surface area contributed by atoms with Crippen LogP contribution in [0.5, 0.6) is 28.7 Å². The summed E-state index contributed by atoms with van der Waals surface area (Å²) in [6, 6.07) is 9.68. The van der Waals surface area contributed by atoms with Gasteiger partial charge in [-0.1, -0.05) is 6.07 Å². The van der Waals surface area contributed by atoms with Crippen LogP contribution in [0.2, 0.25) is 0 Å². The van der Waals surface area contributed by atoms with Gasteiger partial charge in [0.25, 0.3) is 0 Å². The molecular weight excluding hydrogens is 420 g/mol.